The highest BCUT2D eigenvalue weighted by Crippen LogP contribution is 2.27. The number of thioether (sulfide) groups is 2. The predicted octanol–water partition coefficient (Wildman–Crippen LogP) is 3.57. The Balaban J connectivity index is 1.71. The number of anilines is 1. The third-order valence-corrected chi connectivity index (χ3v) is 5.50. The van der Waals surface area contributed by atoms with Gasteiger partial charge in [-0.15, -0.1) is 10.2 Å². The molecule has 0 aliphatic heterocycles. The van der Waals surface area contributed by atoms with Crippen molar-refractivity contribution in [2.75, 3.05) is 17.7 Å². The van der Waals surface area contributed by atoms with Gasteiger partial charge in [0.2, 0.25) is 0 Å². The maximum Gasteiger partial charge on any atom is 0.175 e. The molecule has 0 fully saturated rings. The quantitative estimate of drug-likeness (QED) is 0.502. The normalized spacial score (nSPS) is 10.7. The summed E-state index contributed by atoms with van der Waals surface area (Å²) in [4.78, 5) is 0. The van der Waals surface area contributed by atoms with E-state index in [-0.39, 0.29) is 0 Å². The molecule has 2 N–H and O–H groups in total. The molecule has 18 heavy (non-hydrogen) atoms. The molecule has 3 nitrogen and oxygen atoms in total. The second-order valence-corrected chi connectivity index (χ2v) is 7.10. The van der Waals surface area contributed by atoms with E-state index in [1.807, 2.05) is 18.4 Å². The van der Waals surface area contributed by atoms with Crippen molar-refractivity contribution in [3.8, 4) is 0 Å². The number of nitrogens with two attached hydrogens (primary N) is 1. The molecule has 0 atom stereocenters. The van der Waals surface area contributed by atoms with Gasteiger partial charge in [-0.1, -0.05) is 47.0 Å². The molecule has 2 rings (SSSR count). The molecular formula is C12H15N3S3. The first-order valence-corrected chi connectivity index (χ1v) is 8.65. The minimum atomic E-state index is 0.826. The molecule has 1 heterocycles. The highest BCUT2D eigenvalue weighted by Gasteiger charge is 2.03. The molecule has 2 aromatic rings. The van der Waals surface area contributed by atoms with Crippen LogP contribution in [0.15, 0.2) is 32.9 Å². The number of aromatic nitrogens is 2. The number of rotatable bonds is 6. The summed E-state index contributed by atoms with van der Waals surface area (Å²) >= 11 is 5.10. The van der Waals surface area contributed by atoms with Crippen molar-refractivity contribution in [2.24, 2.45) is 0 Å². The van der Waals surface area contributed by atoms with Crippen LogP contribution in [0.3, 0.4) is 0 Å². The summed E-state index contributed by atoms with van der Waals surface area (Å²) in [5, 5.41) is 8.22. The van der Waals surface area contributed by atoms with E-state index in [0.717, 1.165) is 33.0 Å². The van der Waals surface area contributed by atoms with Crippen molar-refractivity contribution >= 4 is 40.5 Å². The van der Waals surface area contributed by atoms with Crippen molar-refractivity contribution in [3.63, 3.8) is 0 Å². The first-order valence-electron chi connectivity index (χ1n) is 5.62. The summed E-state index contributed by atoms with van der Waals surface area (Å²) in [5.41, 5.74) is 7.82. The Hall–Kier alpha value is -0.720. The highest BCUT2D eigenvalue weighted by molar-refractivity contribution is 8.02. The van der Waals surface area contributed by atoms with Gasteiger partial charge < -0.3 is 5.73 Å². The molecule has 1 aromatic heterocycles. The molecule has 0 unspecified atom stereocenters. The van der Waals surface area contributed by atoms with Crippen LogP contribution in [0, 0.1) is 0 Å². The smallest absolute Gasteiger partial charge is 0.175 e. The van der Waals surface area contributed by atoms with Crippen LogP contribution in [-0.2, 0) is 6.42 Å². The SMILES string of the molecule is CSc1nnc(SCCCc2ccc(N)cc2)s1. The predicted molar refractivity (Wildman–Crippen MR) is 81.6 cm³/mol. The Morgan fingerprint density at radius 3 is 2.56 bits per heavy atom. The molecule has 0 aliphatic carbocycles. The van der Waals surface area contributed by atoms with E-state index in [2.05, 4.69) is 22.3 Å². The molecule has 0 saturated heterocycles. The van der Waals surface area contributed by atoms with Crippen molar-refractivity contribution in [2.45, 2.75) is 21.5 Å². The van der Waals surface area contributed by atoms with Gasteiger partial charge in [0, 0.05) is 11.4 Å². The Labute approximate surface area is 120 Å². The maximum absolute atomic E-state index is 5.65. The van der Waals surface area contributed by atoms with E-state index < -0.39 is 0 Å². The molecule has 0 amide bonds. The van der Waals surface area contributed by atoms with Crippen LogP contribution >= 0.6 is 34.9 Å². The van der Waals surface area contributed by atoms with Gasteiger partial charge in [-0.25, -0.2) is 0 Å². The van der Waals surface area contributed by atoms with Gasteiger partial charge in [0.15, 0.2) is 8.68 Å². The number of hydrogen-bond acceptors (Lipinski definition) is 6. The van der Waals surface area contributed by atoms with Crippen molar-refractivity contribution < 1.29 is 0 Å². The standard InChI is InChI=1S/C12H15N3S3/c1-16-11-14-15-12(18-11)17-8-2-3-9-4-6-10(13)7-5-9/h4-7H,2-3,8,13H2,1H3. The Morgan fingerprint density at radius 2 is 1.89 bits per heavy atom. The lowest BCUT2D eigenvalue weighted by molar-refractivity contribution is 0.924. The second-order valence-electron chi connectivity index (χ2n) is 3.73. The van der Waals surface area contributed by atoms with Crippen LogP contribution < -0.4 is 5.73 Å². The van der Waals surface area contributed by atoms with E-state index in [1.165, 1.54) is 5.56 Å². The fourth-order valence-corrected chi connectivity index (χ4v) is 3.91. The van der Waals surface area contributed by atoms with Gasteiger partial charge in [-0.05, 0) is 36.8 Å². The van der Waals surface area contributed by atoms with Gasteiger partial charge in [-0.3, -0.25) is 0 Å². The first-order chi connectivity index (χ1) is 8.78. The molecular weight excluding hydrogens is 282 g/mol. The van der Waals surface area contributed by atoms with Crippen molar-refractivity contribution in [1.29, 1.82) is 0 Å². The van der Waals surface area contributed by atoms with E-state index in [0.29, 0.717) is 0 Å². The van der Waals surface area contributed by atoms with Crippen LogP contribution in [0.2, 0.25) is 0 Å². The third-order valence-electron chi connectivity index (χ3n) is 2.38. The molecule has 1 aromatic carbocycles. The maximum atomic E-state index is 5.65. The molecule has 96 valence electrons. The van der Waals surface area contributed by atoms with Gasteiger partial charge in [-0.2, -0.15) is 0 Å². The highest BCUT2D eigenvalue weighted by atomic mass is 32.2. The molecule has 0 radical (unpaired) electrons. The van der Waals surface area contributed by atoms with Gasteiger partial charge in [0.05, 0.1) is 0 Å². The summed E-state index contributed by atoms with van der Waals surface area (Å²) in [6, 6.07) is 8.10. The average molecular weight is 297 g/mol. The molecule has 0 saturated carbocycles. The summed E-state index contributed by atoms with van der Waals surface area (Å²) < 4.78 is 2.10. The van der Waals surface area contributed by atoms with Crippen molar-refractivity contribution in [1.82, 2.24) is 10.2 Å². The largest absolute Gasteiger partial charge is 0.399 e. The van der Waals surface area contributed by atoms with E-state index in [1.54, 1.807) is 34.9 Å². The lowest BCUT2D eigenvalue weighted by atomic mass is 10.1. The third kappa shape index (κ3) is 4.19. The number of nitrogen functional groups attached to an aromatic ring is 1. The topological polar surface area (TPSA) is 51.8 Å². The Morgan fingerprint density at radius 1 is 1.17 bits per heavy atom. The summed E-state index contributed by atoms with van der Waals surface area (Å²) in [6.07, 6.45) is 4.25. The summed E-state index contributed by atoms with van der Waals surface area (Å²) in [6.45, 7) is 0. The fourth-order valence-electron chi connectivity index (χ4n) is 1.46. The van der Waals surface area contributed by atoms with Crippen molar-refractivity contribution in [3.05, 3.63) is 29.8 Å². The van der Waals surface area contributed by atoms with Gasteiger partial charge in [0.25, 0.3) is 0 Å². The number of benzene rings is 1. The number of aryl methyl sites for hydroxylation is 1. The lowest BCUT2D eigenvalue weighted by Gasteiger charge is -2.01. The van der Waals surface area contributed by atoms with E-state index >= 15 is 0 Å². The Kier molecular flexibility index (Phi) is 5.34. The van der Waals surface area contributed by atoms with Crippen LogP contribution in [0.1, 0.15) is 12.0 Å². The second kappa shape index (κ2) is 7.01. The Bertz CT molecular complexity index is 482. The van der Waals surface area contributed by atoms with Crippen LogP contribution in [0.5, 0.6) is 0 Å². The minimum absolute atomic E-state index is 0.826. The summed E-state index contributed by atoms with van der Waals surface area (Å²) in [7, 11) is 0. The monoisotopic (exact) mass is 297 g/mol. The lowest BCUT2D eigenvalue weighted by Crippen LogP contribution is -1.89. The molecule has 0 aliphatic rings. The van der Waals surface area contributed by atoms with Gasteiger partial charge in [0.1, 0.15) is 0 Å². The fraction of sp³-hybridized carbons (Fsp3) is 0.333. The molecule has 6 heteroatoms. The van der Waals surface area contributed by atoms with Crippen LogP contribution in [0.25, 0.3) is 0 Å². The molecule has 0 bridgehead atoms. The van der Waals surface area contributed by atoms with Crippen LogP contribution in [0.4, 0.5) is 5.69 Å². The zero-order valence-electron chi connectivity index (χ0n) is 10.1. The summed E-state index contributed by atoms with van der Waals surface area (Å²) in [5.74, 6) is 1.08. The molecule has 0 spiro atoms. The van der Waals surface area contributed by atoms with Crippen LogP contribution in [-0.4, -0.2) is 22.2 Å². The van der Waals surface area contributed by atoms with Gasteiger partial charge >= 0.3 is 0 Å². The van der Waals surface area contributed by atoms with E-state index in [9.17, 15) is 0 Å². The minimum Gasteiger partial charge on any atom is -0.399 e. The van der Waals surface area contributed by atoms with E-state index in [4.69, 9.17) is 5.73 Å². The number of nitrogens with zero attached hydrogens (tertiary/aromatic N) is 2. The zero-order chi connectivity index (χ0) is 12.8. The number of hydrogen-bond donors (Lipinski definition) is 1. The zero-order valence-corrected chi connectivity index (χ0v) is 12.6. The average Bonchev–Trinajstić information content (AvgIpc) is 2.85. The first kappa shape index (κ1) is 13.7.